The van der Waals surface area contributed by atoms with E-state index in [1.807, 2.05) is 33.7 Å². The number of rotatable bonds is 4. The quantitative estimate of drug-likeness (QED) is 0.896. The Bertz CT molecular complexity index is 632. The highest BCUT2D eigenvalue weighted by molar-refractivity contribution is 5.81. The highest BCUT2D eigenvalue weighted by Crippen LogP contribution is 2.17. The number of imidazole rings is 1. The highest BCUT2D eigenvalue weighted by atomic mass is 16.5. The van der Waals surface area contributed by atoms with Crippen molar-refractivity contribution in [2.75, 3.05) is 33.3 Å². The van der Waals surface area contributed by atoms with Gasteiger partial charge in [0.1, 0.15) is 19.0 Å². The van der Waals surface area contributed by atoms with Crippen LogP contribution in [0.15, 0.2) is 24.3 Å². The van der Waals surface area contributed by atoms with Crippen molar-refractivity contribution < 1.29 is 9.53 Å². The molecule has 0 aliphatic carbocycles. The molecule has 0 atom stereocenters. The lowest BCUT2D eigenvalue weighted by molar-refractivity contribution is -0.132. The smallest absolute Gasteiger partial charge is 0.242 e. The van der Waals surface area contributed by atoms with Crippen molar-refractivity contribution in [2.45, 2.75) is 13.2 Å². The molecule has 0 radical (unpaired) electrons. The van der Waals surface area contributed by atoms with Crippen LogP contribution in [0.1, 0.15) is 5.82 Å². The summed E-state index contributed by atoms with van der Waals surface area (Å²) in [5.74, 6) is 0.930. The van der Waals surface area contributed by atoms with E-state index in [-0.39, 0.29) is 5.91 Å². The van der Waals surface area contributed by atoms with Crippen LogP contribution in [0.5, 0.6) is 0 Å². The lowest BCUT2D eigenvalue weighted by Gasteiger charge is -2.27. The number of methoxy groups -OCH3 is 1. The van der Waals surface area contributed by atoms with Gasteiger partial charge < -0.3 is 19.5 Å². The Balaban J connectivity index is 1.87. The molecule has 3 rings (SSSR count). The number of piperazine rings is 1. The normalized spacial score (nSPS) is 15.6. The number of hydrogen-bond acceptors (Lipinski definition) is 4. The standard InChI is InChI=1S/C15H20N4O2/c1-21-11-14-17-12-4-2-3-5-13(12)19(14)10-15(20)18-8-6-16-7-9-18/h2-5,16H,6-11H2,1H3. The Morgan fingerprint density at radius 1 is 1.33 bits per heavy atom. The van der Waals surface area contributed by atoms with Crippen LogP contribution in [0.2, 0.25) is 0 Å². The summed E-state index contributed by atoms with van der Waals surface area (Å²) in [6, 6.07) is 7.87. The fraction of sp³-hybridized carbons (Fsp3) is 0.467. The maximum absolute atomic E-state index is 12.5. The summed E-state index contributed by atoms with van der Waals surface area (Å²) in [6.45, 7) is 3.99. The molecule has 0 spiro atoms. The van der Waals surface area contributed by atoms with Gasteiger partial charge in [0.15, 0.2) is 0 Å². The van der Waals surface area contributed by atoms with E-state index in [0.29, 0.717) is 13.2 Å². The molecule has 112 valence electrons. The topological polar surface area (TPSA) is 59.4 Å². The van der Waals surface area contributed by atoms with Gasteiger partial charge >= 0.3 is 0 Å². The number of ether oxygens (including phenoxy) is 1. The van der Waals surface area contributed by atoms with Crippen molar-refractivity contribution >= 4 is 16.9 Å². The van der Waals surface area contributed by atoms with Crippen LogP contribution in [-0.4, -0.2) is 53.6 Å². The van der Waals surface area contributed by atoms with E-state index in [0.717, 1.165) is 43.0 Å². The molecule has 6 heteroatoms. The molecular weight excluding hydrogens is 268 g/mol. The summed E-state index contributed by atoms with van der Waals surface area (Å²) in [7, 11) is 1.64. The van der Waals surface area contributed by atoms with E-state index < -0.39 is 0 Å². The van der Waals surface area contributed by atoms with Crippen LogP contribution in [0.3, 0.4) is 0 Å². The van der Waals surface area contributed by atoms with Gasteiger partial charge in [0, 0.05) is 33.3 Å². The number of amides is 1. The third kappa shape index (κ3) is 2.91. The number of carbonyl (C=O) groups is 1. The number of hydrogen-bond donors (Lipinski definition) is 1. The summed E-state index contributed by atoms with van der Waals surface area (Å²) >= 11 is 0. The molecule has 1 N–H and O–H groups in total. The van der Waals surface area contributed by atoms with Crippen LogP contribution in [0.25, 0.3) is 11.0 Å². The van der Waals surface area contributed by atoms with Crippen molar-refractivity contribution in [2.24, 2.45) is 0 Å². The zero-order chi connectivity index (χ0) is 14.7. The third-order valence-electron chi connectivity index (χ3n) is 3.77. The first kappa shape index (κ1) is 14.0. The number of para-hydroxylation sites is 2. The average molecular weight is 288 g/mol. The van der Waals surface area contributed by atoms with Crippen LogP contribution in [0, 0.1) is 0 Å². The average Bonchev–Trinajstić information content (AvgIpc) is 2.86. The maximum Gasteiger partial charge on any atom is 0.242 e. The molecule has 0 saturated carbocycles. The molecule has 1 aliphatic rings. The fourth-order valence-corrected chi connectivity index (χ4v) is 2.69. The van der Waals surface area contributed by atoms with E-state index in [1.54, 1.807) is 7.11 Å². The largest absolute Gasteiger partial charge is 0.377 e. The molecule has 6 nitrogen and oxygen atoms in total. The Hall–Kier alpha value is -1.92. The summed E-state index contributed by atoms with van der Waals surface area (Å²) in [6.07, 6.45) is 0. The highest BCUT2D eigenvalue weighted by Gasteiger charge is 2.19. The molecule has 21 heavy (non-hydrogen) atoms. The second-order valence-corrected chi connectivity index (χ2v) is 5.17. The predicted octanol–water partition coefficient (Wildman–Crippen LogP) is 0.614. The maximum atomic E-state index is 12.5. The van der Waals surface area contributed by atoms with Gasteiger partial charge in [-0.05, 0) is 12.1 Å². The number of nitrogens with zero attached hydrogens (tertiary/aromatic N) is 3. The Morgan fingerprint density at radius 2 is 2.10 bits per heavy atom. The Labute approximate surface area is 123 Å². The number of benzene rings is 1. The van der Waals surface area contributed by atoms with Crippen LogP contribution in [-0.2, 0) is 22.7 Å². The van der Waals surface area contributed by atoms with Gasteiger partial charge in [-0.15, -0.1) is 0 Å². The van der Waals surface area contributed by atoms with Crippen LogP contribution < -0.4 is 5.32 Å². The first-order valence-electron chi connectivity index (χ1n) is 7.21. The second kappa shape index (κ2) is 6.24. The molecule has 0 unspecified atom stereocenters. The summed E-state index contributed by atoms with van der Waals surface area (Å²) in [4.78, 5) is 18.9. The fourth-order valence-electron chi connectivity index (χ4n) is 2.69. The zero-order valence-electron chi connectivity index (χ0n) is 12.2. The number of fused-ring (bicyclic) bond motifs is 1. The predicted molar refractivity (Wildman–Crippen MR) is 79.9 cm³/mol. The van der Waals surface area contributed by atoms with Crippen LogP contribution >= 0.6 is 0 Å². The number of nitrogens with one attached hydrogen (secondary N) is 1. The van der Waals surface area contributed by atoms with Gasteiger partial charge in [-0.3, -0.25) is 4.79 Å². The molecule has 1 fully saturated rings. The molecule has 1 saturated heterocycles. The lowest BCUT2D eigenvalue weighted by Crippen LogP contribution is -2.47. The molecule has 1 aliphatic heterocycles. The summed E-state index contributed by atoms with van der Waals surface area (Å²) in [5.41, 5.74) is 1.88. The Kier molecular flexibility index (Phi) is 4.17. The van der Waals surface area contributed by atoms with E-state index >= 15 is 0 Å². The van der Waals surface area contributed by atoms with Crippen molar-refractivity contribution in [3.63, 3.8) is 0 Å². The lowest BCUT2D eigenvalue weighted by atomic mass is 10.3. The molecule has 0 bridgehead atoms. The minimum atomic E-state index is 0.136. The number of carbonyl (C=O) groups excluding carboxylic acids is 1. The van der Waals surface area contributed by atoms with Crippen molar-refractivity contribution in [1.82, 2.24) is 19.8 Å². The van der Waals surface area contributed by atoms with Gasteiger partial charge in [0.05, 0.1) is 11.0 Å². The van der Waals surface area contributed by atoms with E-state index in [1.165, 1.54) is 0 Å². The molecular formula is C15H20N4O2. The molecule has 2 aromatic rings. The summed E-state index contributed by atoms with van der Waals surface area (Å²) < 4.78 is 7.17. The van der Waals surface area contributed by atoms with Gasteiger partial charge in [-0.25, -0.2) is 4.98 Å². The van der Waals surface area contributed by atoms with E-state index in [4.69, 9.17) is 4.74 Å². The molecule has 1 aromatic heterocycles. The minimum absolute atomic E-state index is 0.136. The van der Waals surface area contributed by atoms with Gasteiger partial charge in [-0.1, -0.05) is 12.1 Å². The summed E-state index contributed by atoms with van der Waals surface area (Å²) in [5, 5.41) is 3.26. The number of aromatic nitrogens is 2. The monoisotopic (exact) mass is 288 g/mol. The van der Waals surface area contributed by atoms with Crippen molar-refractivity contribution in [1.29, 1.82) is 0 Å². The first-order valence-corrected chi connectivity index (χ1v) is 7.21. The molecule has 1 amide bonds. The van der Waals surface area contributed by atoms with E-state index in [9.17, 15) is 4.79 Å². The zero-order valence-corrected chi connectivity index (χ0v) is 12.2. The van der Waals surface area contributed by atoms with Crippen molar-refractivity contribution in [3.8, 4) is 0 Å². The third-order valence-corrected chi connectivity index (χ3v) is 3.77. The van der Waals surface area contributed by atoms with Gasteiger partial charge in [0.2, 0.25) is 5.91 Å². The minimum Gasteiger partial charge on any atom is -0.377 e. The second-order valence-electron chi connectivity index (χ2n) is 5.17. The van der Waals surface area contributed by atoms with Gasteiger partial charge in [-0.2, -0.15) is 0 Å². The van der Waals surface area contributed by atoms with Crippen LogP contribution in [0.4, 0.5) is 0 Å². The van der Waals surface area contributed by atoms with Gasteiger partial charge in [0.25, 0.3) is 0 Å². The first-order chi connectivity index (χ1) is 10.3. The Morgan fingerprint density at radius 3 is 2.86 bits per heavy atom. The molecule has 1 aromatic carbocycles. The van der Waals surface area contributed by atoms with Crippen molar-refractivity contribution in [3.05, 3.63) is 30.1 Å². The van der Waals surface area contributed by atoms with E-state index in [2.05, 4.69) is 10.3 Å². The molecule has 2 heterocycles. The SMILES string of the molecule is COCc1nc2ccccc2n1CC(=O)N1CCNCC1.